The number of aromatic amines is 1. The minimum absolute atomic E-state index is 0.165. The van der Waals surface area contributed by atoms with Gasteiger partial charge in [0.2, 0.25) is 0 Å². The van der Waals surface area contributed by atoms with Crippen LogP contribution < -0.4 is 15.4 Å². The van der Waals surface area contributed by atoms with Crippen molar-refractivity contribution in [1.29, 1.82) is 0 Å². The second-order valence-electron chi connectivity index (χ2n) is 9.09. The largest absolute Gasteiger partial charge is 0.457 e. The molecule has 9 nitrogen and oxygen atoms in total. The fourth-order valence-corrected chi connectivity index (χ4v) is 4.81. The number of hydrogen-bond donors (Lipinski definition) is 3. The van der Waals surface area contributed by atoms with Gasteiger partial charge in [-0.2, -0.15) is 0 Å². The molecule has 5 rings (SSSR count). The molecule has 2 aromatic carbocycles. The van der Waals surface area contributed by atoms with E-state index in [0.717, 1.165) is 16.5 Å². The molecule has 1 aliphatic heterocycles. The molecular formula is C28H25ClFN5O4. The van der Waals surface area contributed by atoms with E-state index in [0.29, 0.717) is 35.6 Å². The number of para-hydroxylation sites is 1. The van der Waals surface area contributed by atoms with E-state index < -0.39 is 17.9 Å². The van der Waals surface area contributed by atoms with E-state index in [1.807, 2.05) is 12.1 Å². The zero-order valence-corrected chi connectivity index (χ0v) is 21.7. The SMILES string of the molecule is CNC(=O)c1cc(Oc2ccc(CCCN3C(=O)NC(Cc4c[nH]c5c(Cl)cccc45)C3=O)c(F)c2)ccn1. The third kappa shape index (κ3) is 5.56. The number of nitrogens with zero attached hydrogens (tertiary/aromatic N) is 2. The second-order valence-corrected chi connectivity index (χ2v) is 9.49. The summed E-state index contributed by atoms with van der Waals surface area (Å²) in [7, 11) is 1.50. The van der Waals surface area contributed by atoms with E-state index in [1.54, 1.807) is 30.5 Å². The smallest absolute Gasteiger partial charge is 0.324 e. The average molecular weight is 550 g/mol. The number of H-pyrrole nitrogens is 1. The maximum Gasteiger partial charge on any atom is 0.324 e. The monoisotopic (exact) mass is 549 g/mol. The second kappa shape index (κ2) is 11.1. The van der Waals surface area contributed by atoms with Gasteiger partial charge in [0.15, 0.2) is 0 Å². The van der Waals surface area contributed by atoms with Gasteiger partial charge in [0, 0.05) is 49.9 Å². The number of amides is 4. The van der Waals surface area contributed by atoms with Crippen LogP contribution in [0.3, 0.4) is 0 Å². The number of benzene rings is 2. The van der Waals surface area contributed by atoms with Gasteiger partial charge in [-0.15, -0.1) is 0 Å². The van der Waals surface area contributed by atoms with Crippen LogP contribution in [0.15, 0.2) is 60.9 Å². The molecule has 200 valence electrons. The Balaban J connectivity index is 1.17. The quantitative estimate of drug-likeness (QED) is 0.264. The standard InChI is InChI=1S/C28H25ClFN5O4/c1-31-26(36)23-14-19(9-10-32-23)39-18-8-7-16(22(30)13-18)4-3-11-35-27(37)24(34-28(35)38)12-17-15-33-25-20(17)5-2-6-21(25)29/h2,5-10,13-15,24,33H,3-4,11-12H2,1H3,(H,31,36)(H,34,38). The van der Waals surface area contributed by atoms with Gasteiger partial charge >= 0.3 is 6.03 Å². The van der Waals surface area contributed by atoms with Crippen molar-refractivity contribution in [2.75, 3.05) is 13.6 Å². The van der Waals surface area contributed by atoms with Crippen LogP contribution in [0, 0.1) is 5.82 Å². The molecule has 39 heavy (non-hydrogen) atoms. The maximum atomic E-state index is 14.8. The van der Waals surface area contributed by atoms with E-state index in [1.165, 1.54) is 30.3 Å². The number of aryl methyl sites for hydroxylation is 1. The Kier molecular flexibility index (Phi) is 7.47. The molecule has 3 heterocycles. The number of imide groups is 1. The highest BCUT2D eigenvalue weighted by atomic mass is 35.5. The molecular weight excluding hydrogens is 525 g/mol. The first kappa shape index (κ1) is 26.2. The summed E-state index contributed by atoms with van der Waals surface area (Å²) in [5, 5.41) is 6.72. The molecule has 11 heteroatoms. The fourth-order valence-electron chi connectivity index (χ4n) is 4.58. The van der Waals surface area contributed by atoms with E-state index in [9.17, 15) is 18.8 Å². The van der Waals surface area contributed by atoms with Gasteiger partial charge in [-0.25, -0.2) is 9.18 Å². The molecule has 2 aromatic heterocycles. The number of halogens is 2. The first-order valence-electron chi connectivity index (χ1n) is 12.3. The van der Waals surface area contributed by atoms with E-state index >= 15 is 0 Å². The molecule has 0 aliphatic carbocycles. The summed E-state index contributed by atoms with van der Waals surface area (Å²) in [4.78, 5) is 45.5. The number of urea groups is 1. The van der Waals surface area contributed by atoms with Crippen LogP contribution in [0.25, 0.3) is 10.9 Å². The van der Waals surface area contributed by atoms with Gasteiger partial charge < -0.3 is 20.4 Å². The molecule has 1 unspecified atom stereocenters. The number of nitrogens with one attached hydrogen (secondary N) is 3. The molecule has 0 radical (unpaired) electrons. The van der Waals surface area contributed by atoms with Crippen molar-refractivity contribution in [1.82, 2.24) is 25.5 Å². The molecule has 0 saturated carbocycles. The zero-order chi connectivity index (χ0) is 27.5. The van der Waals surface area contributed by atoms with Crippen LogP contribution in [0.5, 0.6) is 11.5 Å². The van der Waals surface area contributed by atoms with Crippen LogP contribution in [0.2, 0.25) is 5.02 Å². The Hall–Kier alpha value is -4.44. The predicted octanol–water partition coefficient (Wildman–Crippen LogP) is 4.60. The summed E-state index contributed by atoms with van der Waals surface area (Å²) < 4.78 is 20.4. The van der Waals surface area contributed by atoms with Gasteiger partial charge in [0.25, 0.3) is 11.8 Å². The van der Waals surface area contributed by atoms with E-state index in [-0.39, 0.29) is 29.8 Å². The number of rotatable bonds is 9. The first-order chi connectivity index (χ1) is 18.8. The highest BCUT2D eigenvalue weighted by molar-refractivity contribution is 6.35. The highest BCUT2D eigenvalue weighted by Gasteiger charge is 2.37. The number of carbonyl (C=O) groups excluding carboxylic acids is 3. The predicted molar refractivity (Wildman–Crippen MR) is 143 cm³/mol. The fraction of sp³-hybridized carbons (Fsp3) is 0.214. The number of pyridine rings is 1. The molecule has 1 saturated heterocycles. The number of aromatic nitrogens is 2. The van der Waals surface area contributed by atoms with Gasteiger partial charge in [-0.3, -0.25) is 19.5 Å². The van der Waals surface area contributed by atoms with Gasteiger partial charge in [-0.1, -0.05) is 29.8 Å². The normalized spacial score (nSPS) is 15.1. The number of hydrogen-bond acceptors (Lipinski definition) is 5. The Bertz CT molecular complexity index is 1570. The minimum atomic E-state index is -0.680. The molecule has 4 amide bonds. The van der Waals surface area contributed by atoms with Crippen molar-refractivity contribution >= 4 is 40.3 Å². The number of fused-ring (bicyclic) bond motifs is 1. The number of carbonyl (C=O) groups is 3. The summed E-state index contributed by atoms with van der Waals surface area (Å²) in [5.41, 5.74) is 2.28. The maximum absolute atomic E-state index is 14.8. The Morgan fingerprint density at radius 3 is 2.77 bits per heavy atom. The lowest BCUT2D eigenvalue weighted by Crippen LogP contribution is -2.33. The van der Waals surface area contributed by atoms with Crippen LogP contribution in [0.4, 0.5) is 9.18 Å². The van der Waals surface area contributed by atoms with Crippen molar-refractivity contribution in [2.24, 2.45) is 0 Å². The van der Waals surface area contributed by atoms with Crippen molar-refractivity contribution < 1.29 is 23.5 Å². The summed E-state index contributed by atoms with van der Waals surface area (Å²) in [6.07, 6.45) is 4.28. The average Bonchev–Trinajstić information content (AvgIpc) is 3.46. The molecule has 1 atom stereocenters. The van der Waals surface area contributed by atoms with Crippen LogP contribution in [-0.2, 0) is 17.6 Å². The lowest BCUT2D eigenvalue weighted by molar-refractivity contribution is -0.127. The lowest BCUT2D eigenvalue weighted by Gasteiger charge is -2.13. The summed E-state index contributed by atoms with van der Waals surface area (Å²) in [5.74, 6) is -0.531. The van der Waals surface area contributed by atoms with Crippen molar-refractivity contribution in [3.8, 4) is 11.5 Å². The summed E-state index contributed by atoms with van der Waals surface area (Å²) in [6.45, 7) is 0.165. The molecule has 0 spiro atoms. The molecule has 0 bridgehead atoms. The van der Waals surface area contributed by atoms with Crippen LogP contribution >= 0.6 is 11.6 Å². The number of ether oxygens (including phenoxy) is 1. The third-order valence-electron chi connectivity index (χ3n) is 6.56. The van der Waals surface area contributed by atoms with Crippen molar-refractivity contribution in [3.63, 3.8) is 0 Å². The topological polar surface area (TPSA) is 116 Å². The van der Waals surface area contributed by atoms with Crippen molar-refractivity contribution in [2.45, 2.75) is 25.3 Å². The Morgan fingerprint density at radius 1 is 1.15 bits per heavy atom. The van der Waals surface area contributed by atoms with E-state index in [2.05, 4.69) is 20.6 Å². The van der Waals surface area contributed by atoms with Crippen molar-refractivity contribution in [3.05, 3.63) is 88.6 Å². The summed E-state index contributed by atoms with van der Waals surface area (Å²) >= 11 is 6.22. The molecule has 1 aliphatic rings. The molecule has 3 N–H and O–H groups in total. The Morgan fingerprint density at radius 2 is 1.97 bits per heavy atom. The van der Waals surface area contributed by atoms with Gasteiger partial charge in [-0.05, 0) is 42.2 Å². The first-order valence-corrected chi connectivity index (χ1v) is 12.7. The highest BCUT2D eigenvalue weighted by Crippen LogP contribution is 2.27. The minimum Gasteiger partial charge on any atom is -0.457 e. The summed E-state index contributed by atoms with van der Waals surface area (Å²) in [6, 6.07) is 11.9. The lowest BCUT2D eigenvalue weighted by atomic mass is 10.0. The zero-order valence-electron chi connectivity index (χ0n) is 21.0. The van der Waals surface area contributed by atoms with Gasteiger partial charge in [0.05, 0.1) is 10.5 Å². The third-order valence-corrected chi connectivity index (χ3v) is 6.88. The molecule has 4 aromatic rings. The molecule has 1 fully saturated rings. The van der Waals surface area contributed by atoms with Crippen LogP contribution in [0.1, 0.15) is 28.0 Å². The van der Waals surface area contributed by atoms with Crippen LogP contribution in [-0.4, -0.2) is 52.3 Å². The van der Waals surface area contributed by atoms with E-state index in [4.69, 9.17) is 16.3 Å². The van der Waals surface area contributed by atoms with Gasteiger partial charge in [0.1, 0.15) is 29.1 Å². The Labute approximate surface area is 228 Å².